The molecule has 1 heterocycles. The highest BCUT2D eigenvalue weighted by molar-refractivity contribution is 7.11. The van der Waals surface area contributed by atoms with E-state index in [1.54, 1.807) is 11.3 Å². The average molecular weight is 261 g/mol. The number of ether oxygens (including phenoxy) is 1. The number of hydrogen-bond acceptors (Lipinski definition) is 4. The summed E-state index contributed by atoms with van der Waals surface area (Å²) in [6.45, 7) is 4.56. The van der Waals surface area contributed by atoms with Gasteiger partial charge in [0, 0.05) is 11.3 Å². The molecule has 0 radical (unpaired) electrons. The van der Waals surface area contributed by atoms with E-state index in [9.17, 15) is 4.79 Å². The van der Waals surface area contributed by atoms with Crippen molar-refractivity contribution in [2.45, 2.75) is 26.9 Å². The fourth-order valence-electron chi connectivity index (χ4n) is 1.56. The third-order valence-electron chi connectivity index (χ3n) is 2.68. The molecule has 0 saturated heterocycles. The van der Waals surface area contributed by atoms with Gasteiger partial charge in [-0.1, -0.05) is 12.1 Å². The monoisotopic (exact) mass is 261 g/mol. The number of aromatic nitrogens is 1. The van der Waals surface area contributed by atoms with Gasteiger partial charge >= 0.3 is 0 Å². The Morgan fingerprint density at radius 1 is 1.28 bits per heavy atom. The number of aldehydes is 1. The number of rotatable bonds is 5. The summed E-state index contributed by atoms with van der Waals surface area (Å²) < 4.78 is 5.65. The number of aryl methyl sites for hydroxylation is 2. The van der Waals surface area contributed by atoms with Crippen LogP contribution in [0.2, 0.25) is 0 Å². The molecular weight excluding hydrogens is 246 g/mol. The molecular formula is C14H15NO2S. The van der Waals surface area contributed by atoms with Crippen molar-refractivity contribution >= 4 is 17.6 Å². The van der Waals surface area contributed by atoms with Crippen molar-refractivity contribution in [1.82, 2.24) is 4.98 Å². The fourth-order valence-corrected chi connectivity index (χ4v) is 2.41. The van der Waals surface area contributed by atoms with E-state index < -0.39 is 0 Å². The first-order chi connectivity index (χ1) is 8.69. The van der Waals surface area contributed by atoms with E-state index >= 15 is 0 Å². The van der Waals surface area contributed by atoms with Crippen molar-refractivity contribution in [2.75, 3.05) is 0 Å². The molecule has 0 aliphatic heterocycles. The lowest BCUT2D eigenvalue weighted by Crippen LogP contribution is -1.95. The normalized spacial score (nSPS) is 10.3. The van der Waals surface area contributed by atoms with Gasteiger partial charge in [0.05, 0.1) is 5.69 Å². The largest absolute Gasteiger partial charge is 0.486 e. The van der Waals surface area contributed by atoms with Crippen molar-refractivity contribution in [3.8, 4) is 5.75 Å². The maximum atomic E-state index is 10.4. The van der Waals surface area contributed by atoms with E-state index in [0.717, 1.165) is 28.3 Å². The zero-order valence-corrected chi connectivity index (χ0v) is 11.3. The van der Waals surface area contributed by atoms with E-state index in [1.165, 1.54) is 4.88 Å². The van der Waals surface area contributed by atoms with Crippen LogP contribution in [0.25, 0.3) is 0 Å². The molecule has 18 heavy (non-hydrogen) atoms. The Balaban J connectivity index is 1.95. The summed E-state index contributed by atoms with van der Waals surface area (Å²) in [5, 5.41) is 0.988. The zero-order chi connectivity index (χ0) is 13.0. The van der Waals surface area contributed by atoms with Gasteiger partial charge in [0.25, 0.3) is 0 Å². The van der Waals surface area contributed by atoms with E-state index in [0.29, 0.717) is 13.0 Å². The van der Waals surface area contributed by atoms with Crippen LogP contribution in [0.1, 0.15) is 21.1 Å². The third-order valence-corrected chi connectivity index (χ3v) is 3.72. The first-order valence-corrected chi connectivity index (χ1v) is 6.59. The van der Waals surface area contributed by atoms with E-state index in [1.807, 2.05) is 31.2 Å². The third kappa shape index (κ3) is 3.17. The van der Waals surface area contributed by atoms with E-state index in [2.05, 4.69) is 11.9 Å². The highest BCUT2D eigenvalue weighted by Gasteiger charge is 2.04. The quantitative estimate of drug-likeness (QED) is 0.776. The van der Waals surface area contributed by atoms with E-state index in [-0.39, 0.29) is 0 Å². The molecule has 1 aromatic heterocycles. The molecule has 0 aliphatic rings. The molecule has 0 unspecified atom stereocenters. The van der Waals surface area contributed by atoms with Crippen molar-refractivity contribution in [3.63, 3.8) is 0 Å². The van der Waals surface area contributed by atoms with Gasteiger partial charge in [-0.05, 0) is 31.5 Å². The summed E-state index contributed by atoms with van der Waals surface area (Å²) in [4.78, 5) is 16.0. The molecule has 0 fully saturated rings. The summed E-state index contributed by atoms with van der Waals surface area (Å²) in [5.74, 6) is 0.801. The van der Waals surface area contributed by atoms with Crippen LogP contribution in [0, 0.1) is 13.8 Å². The van der Waals surface area contributed by atoms with Gasteiger partial charge in [0.2, 0.25) is 0 Å². The predicted octanol–water partition coefficient (Wildman–Crippen LogP) is 3.08. The first kappa shape index (κ1) is 12.8. The Morgan fingerprint density at radius 2 is 2.00 bits per heavy atom. The molecule has 0 N–H and O–H groups in total. The highest BCUT2D eigenvalue weighted by atomic mass is 32.1. The minimum atomic E-state index is 0.450. The molecule has 0 atom stereocenters. The van der Waals surface area contributed by atoms with Crippen LogP contribution in [-0.4, -0.2) is 11.3 Å². The van der Waals surface area contributed by atoms with Crippen molar-refractivity contribution in [2.24, 2.45) is 0 Å². The highest BCUT2D eigenvalue weighted by Crippen LogP contribution is 2.19. The lowest BCUT2D eigenvalue weighted by atomic mass is 10.2. The molecule has 1 aromatic carbocycles. The summed E-state index contributed by atoms with van der Waals surface area (Å²) >= 11 is 1.66. The van der Waals surface area contributed by atoms with Gasteiger partial charge in [0.15, 0.2) is 0 Å². The number of carbonyl (C=O) groups excluding carboxylic acids is 1. The average Bonchev–Trinajstić information content (AvgIpc) is 2.68. The SMILES string of the molecule is Cc1nc(COc2ccc(CC=O)cc2)sc1C. The van der Waals surface area contributed by atoms with Crippen molar-refractivity contribution in [1.29, 1.82) is 0 Å². The first-order valence-electron chi connectivity index (χ1n) is 5.77. The Hall–Kier alpha value is -1.68. The van der Waals surface area contributed by atoms with E-state index in [4.69, 9.17) is 4.74 Å². The fraction of sp³-hybridized carbons (Fsp3) is 0.286. The molecule has 0 spiro atoms. The number of benzene rings is 1. The van der Waals surface area contributed by atoms with Crippen LogP contribution >= 0.6 is 11.3 Å². The minimum absolute atomic E-state index is 0.450. The van der Waals surface area contributed by atoms with Crippen LogP contribution in [0.15, 0.2) is 24.3 Å². The number of thiazole rings is 1. The summed E-state index contributed by atoms with van der Waals surface area (Å²) in [6, 6.07) is 7.57. The lowest BCUT2D eigenvalue weighted by molar-refractivity contribution is -0.107. The van der Waals surface area contributed by atoms with Gasteiger partial charge in [-0.2, -0.15) is 0 Å². The van der Waals surface area contributed by atoms with Gasteiger partial charge in [0.1, 0.15) is 23.7 Å². The molecule has 0 aliphatic carbocycles. The minimum Gasteiger partial charge on any atom is -0.486 e. The van der Waals surface area contributed by atoms with Gasteiger partial charge in [-0.25, -0.2) is 4.98 Å². The smallest absolute Gasteiger partial charge is 0.140 e. The number of nitrogens with zero attached hydrogens (tertiary/aromatic N) is 1. The van der Waals surface area contributed by atoms with Crippen LogP contribution < -0.4 is 4.74 Å². The summed E-state index contributed by atoms with van der Waals surface area (Å²) in [5.41, 5.74) is 2.07. The Morgan fingerprint density at radius 3 is 2.56 bits per heavy atom. The number of hydrogen-bond donors (Lipinski definition) is 0. The molecule has 2 rings (SSSR count). The topological polar surface area (TPSA) is 39.2 Å². The second kappa shape index (κ2) is 5.78. The molecule has 4 heteroatoms. The molecule has 0 amide bonds. The van der Waals surface area contributed by atoms with Crippen LogP contribution in [0.5, 0.6) is 5.75 Å². The van der Waals surface area contributed by atoms with Crippen molar-refractivity contribution < 1.29 is 9.53 Å². The molecule has 94 valence electrons. The van der Waals surface area contributed by atoms with Crippen LogP contribution in [0.3, 0.4) is 0 Å². The molecule has 0 saturated carbocycles. The predicted molar refractivity (Wildman–Crippen MR) is 72.1 cm³/mol. The standard InChI is InChI=1S/C14H15NO2S/c1-10-11(2)18-14(15-10)9-17-13-5-3-12(4-6-13)7-8-16/h3-6,8H,7,9H2,1-2H3. The number of carbonyl (C=O) groups is 1. The van der Waals surface area contributed by atoms with Gasteiger partial charge < -0.3 is 9.53 Å². The molecule has 3 nitrogen and oxygen atoms in total. The maximum Gasteiger partial charge on any atom is 0.140 e. The zero-order valence-electron chi connectivity index (χ0n) is 10.5. The van der Waals surface area contributed by atoms with Crippen LogP contribution in [-0.2, 0) is 17.8 Å². The maximum absolute atomic E-state index is 10.4. The van der Waals surface area contributed by atoms with Gasteiger partial charge in [-0.3, -0.25) is 0 Å². The Bertz CT molecular complexity index is 512. The summed E-state index contributed by atoms with van der Waals surface area (Å²) in [6.07, 6.45) is 1.35. The van der Waals surface area contributed by atoms with Crippen LogP contribution in [0.4, 0.5) is 0 Å². The van der Waals surface area contributed by atoms with Gasteiger partial charge in [-0.15, -0.1) is 11.3 Å². The summed E-state index contributed by atoms with van der Waals surface area (Å²) in [7, 11) is 0. The molecule has 0 bridgehead atoms. The second-order valence-electron chi connectivity index (χ2n) is 4.05. The Kier molecular flexibility index (Phi) is 4.10. The second-order valence-corrected chi connectivity index (χ2v) is 5.34. The molecule has 2 aromatic rings. The Labute approximate surface area is 110 Å². The lowest BCUT2D eigenvalue weighted by Gasteiger charge is -2.04. The van der Waals surface area contributed by atoms with Crippen molar-refractivity contribution in [3.05, 3.63) is 45.4 Å².